The highest BCUT2D eigenvalue weighted by Gasteiger charge is 2.19. The zero-order chi connectivity index (χ0) is 14.7. The van der Waals surface area contributed by atoms with Gasteiger partial charge in [0.2, 0.25) is 0 Å². The smallest absolute Gasteiger partial charge is 0.258 e. The van der Waals surface area contributed by atoms with Crippen LogP contribution in [0.3, 0.4) is 0 Å². The van der Waals surface area contributed by atoms with Crippen LogP contribution < -0.4 is 4.90 Å². The van der Waals surface area contributed by atoms with Gasteiger partial charge in [0.05, 0.1) is 5.69 Å². The van der Waals surface area contributed by atoms with Crippen LogP contribution in [-0.2, 0) is 0 Å². The lowest BCUT2D eigenvalue weighted by molar-refractivity contribution is 0.0987. The van der Waals surface area contributed by atoms with Gasteiger partial charge in [-0.15, -0.1) is 0 Å². The Labute approximate surface area is 117 Å². The molecule has 2 rings (SSSR count). The Balaban J connectivity index is 2.39. The monoisotopic (exact) mass is 273 g/mol. The fourth-order valence-corrected chi connectivity index (χ4v) is 1.99. The molecule has 0 aliphatic heterocycles. The second-order valence-corrected chi connectivity index (χ2v) is 4.50. The maximum Gasteiger partial charge on any atom is 0.258 e. The summed E-state index contributed by atoms with van der Waals surface area (Å²) in [5.41, 5.74) is 1.26. The number of phenols is 1. The van der Waals surface area contributed by atoms with E-state index >= 15 is 0 Å². The standard InChI is InChI=1S/C16H16FNO2/c1-3-18(14-7-5-4-6-13(14)17)16(20)12-9-8-11(2)15(19)10-12/h4-10,19H,3H2,1-2H3. The van der Waals surface area contributed by atoms with Gasteiger partial charge in [0.25, 0.3) is 5.91 Å². The minimum absolute atomic E-state index is 0.0560. The lowest BCUT2D eigenvalue weighted by Crippen LogP contribution is -2.31. The highest BCUT2D eigenvalue weighted by molar-refractivity contribution is 6.06. The third-order valence-corrected chi connectivity index (χ3v) is 3.16. The van der Waals surface area contributed by atoms with Crippen molar-refractivity contribution in [3.05, 3.63) is 59.4 Å². The van der Waals surface area contributed by atoms with E-state index in [1.807, 2.05) is 0 Å². The number of hydrogen-bond acceptors (Lipinski definition) is 2. The number of phenolic OH excluding ortho intramolecular Hbond substituents is 1. The van der Waals surface area contributed by atoms with Crippen molar-refractivity contribution in [2.24, 2.45) is 0 Å². The lowest BCUT2D eigenvalue weighted by atomic mass is 10.1. The summed E-state index contributed by atoms with van der Waals surface area (Å²) in [5, 5.41) is 9.68. The summed E-state index contributed by atoms with van der Waals surface area (Å²) in [7, 11) is 0. The van der Waals surface area contributed by atoms with Crippen LogP contribution in [0.5, 0.6) is 5.75 Å². The van der Waals surface area contributed by atoms with E-state index in [4.69, 9.17) is 0 Å². The Bertz CT molecular complexity index is 640. The molecular formula is C16H16FNO2. The van der Waals surface area contributed by atoms with Crippen molar-refractivity contribution in [3.63, 3.8) is 0 Å². The number of carbonyl (C=O) groups is 1. The van der Waals surface area contributed by atoms with E-state index in [9.17, 15) is 14.3 Å². The Morgan fingerprint density at radius 1 is 1.25 bits per heavy atom. The Morgan fingerprint density at radius 2 is 1.95 bits per heavy atom. The quantitative estimate of drug-likeness (QED) is 0.929. The molecule has 20 heavy (non-hydrogen) atoms. The van der Waals surface area contributed by atoms with Crippen LogP contribution in [0.4, 0.5) is 10.1 Å². The molecule has 0 fully saturated rings. The number of aromatic hydroxyl groups is 1. The summed E-state index contributed by atoms with van der Waals surface area (Å²) in [6.07, 6.45) is 0. The molecule has 2 aromatic rings. The van der Waals surface area contributed by atoms with Crippen LogP contribution in [0.15, 0.2) is 42.5 Å². The summed E-state index contributed by atoms with van der Waals surface area (Å²) in [6.45, 7) is 3.87. The first-order valence-corrected chi connectivity index (χ1v) is 6.40. The molecule has 104 valence electrons. The molecule has 0 radical (unpaired) electrons. The van der Waals surface area contributed by atoms with Crippen molar-refractivity contribution in [1.82, 2.24) is 0 Å². The third kappa shape index (κ3) is 2.64. The van der Waals surface area contributed by atoms with Crippen LogP contribution >= 0.6 is 0 Å². The first kappa shape index (κ1) is 14.1. The number of nitrogens with zero attached hydrogens (tertiary/aromatic N) is 1. The number of benzene rings is 2. The fourth-order valence-electron chi connectivity index (χ4n) is 1.99. The van der Waals surface area contributed by atoms with Gasteiger partial charge in [-0.3, -0.25) is 4.79 Å². The van der Waals surface area contributed by atoms with Gasteiger partial charge in [-0.1, -0.05) is 18.2 Å². The number of hydrogen-bond donors (Lipinski definition) is 1. The average Bonchev–Trinajstić information content (AvgIpc) is 2.44. The number of rotatable bonds is 3. The number of aryl methyl sites for hydroxylation is 1. The first-order chi connectivity index (χ1) is 9.54. The van der Waals surface area contributed by atoms with Gasteiger partial charge >= 0.3 is 0 Å². The SMILES string of the molecule is CCN(C(=O)c1ccc(C)c(O)c1)c1ccccc1F. The largest absolute Gasteiger partial charge is 0.508 e. The van der Waals surface area contributed by atoms with Gasteiger partial charge < -0.3 is 10.0 Å². The molecule has 0 saturated heterocycles. The Hall–Kier alpha value is -2.36. The van der Waals surface area contributed by atoms with Gasteiger partial charge in [-0.05, 0) is 43.7 Å². The zero-order valence-corrected chi connectivity index (χ0v) is 11.4. The number of carbonyl (C=O) groups excluding carboxylic acids is 1. The molecule has 0 aromatic heterocycles. The lowest BCUT2D eigenvalue weighted by Gasteiger charge is -2.21. The van der Waals surface area contributed by atoms with E-state index in [2.05, 4.69) is 0 Å². The maximum absolute atomic E-state index is 13.8. The van der Waals surface area contributed by atoms with Crippen LogP contribution in [0.2, 0.25) is 0 Å². The number of halogens is 1. The summed E-state index contributed by atoms with van der Waals surface area (Å²) in [6, 6.07) is 10.8. The molecule has 1 amide bonds. The minimum atomic E-state index is -0.445. The van der Waals surface area contributed by atoms with Crippen molar-refractivity contribution < 1.29 is 14.3 Å². The maximum atomic E-state index is 13.8. The van der Waals surface area contributed by atoms with Crippen molar-refractivity contribution >= 4 is 11.6 Å². The number of anilines is 1. The molecule has 1 N–H and O–H groups in total. The molecule has 0 heterocycles. The van der Waals surface area contributed by atoms with E-state index in [1.165, 1.54) is 17.0 Å². The van der Waals surface area contributed by atoms with Crippen LogP contribution in [0.1, 0.15) is 22.8 Å². The molecule has 4 heteroatoms. The number of para-hydroxylation sites is 1. The van der Waals surface area contributed by atoms with Gasteiger partial charge in [0.15, 0.2) is 0 Å². The number of amides is 1. The molecule has 0 unspecified atom stereocenters. The molecule has 0 spiro atoms. The second-order valence-electron chi connectivity index (χ2n) is 4.50. The molecule has 0 atom stereocenters. The van der Waals surface area contributed by atoms with E-state index in [0.717, 1.165) is 0 Å². The van der Waals surface area contributed by atoms with Crippen LogP contribution in [0.25, 0.3) is 0 Å². The Kier molecular flexibility index (Phi) is 4.03. The van der Waals surface area contributed by atoms with E-state index in [1.54, 1.807) is 44.2 Å². The summed E-state index contributed by atoms with van der Waals surface area (Å²) < 4.78 is 13.8. The zero-order valence-electron chi connectivity index (χ0n) is 11.4. The van der Waals surface area contributed by atoms with Gasteiger partial charge in [-0.2, -0.15) is 0 Å². The summed E-state index contributed by atoms with van der Waals surface area (Å²) in [5.74, 6) is -0.729. The minimum Gasteiger partial charge on any atom is -0.508 e. The van der Waals surface area contributed by atoms with Crippen LogP contribution in [0, 0.1) is 12.7 Å². The summed E-state index contributed by atoms with van der Waals surface area (Å²) >= 11 is 0. The van der Waals surface area contributed by atoms with E-state index < -0.39 is 5.82 Å². The highest BCUT2D eigenvalue weighted by atomic mass is 19.1. The fraction of sp³-hybridized carbons (Fsp3) is 0.188. The van der Waals surface area contributed by atoms with Gasteiger partial charge in [0.1, 0.15) is 11.6 Å². The van der Waals surface area contributed by atoms with Crippen molar-refractivity contribution in [1.29, 1.82) is 0 Å². The van der Waals surface area contributed by atoms with Gasteiger partial charge in [-0.25, -0.2) is 4.39 Å². The van der Waals surface area contributed by atoms with Crippen molar-refractivity contribution in [2.75, 3.05) is 11.4 Å². The molecule has 0 saturated carbocycles. The first-order valence-electron chi connectivity index (χ1n) is 6.40. The van der Waals surface area contributed by atoms with E-state index in [-0.39, 0.29) is 17.3 Å². The predicted molar refractivity (Wildman–Crippen MR) is 76.6 cm³/mol. The van der Waals surface area contributed by atoms with Crippen LogP contribution in [-0.4, -0.2) is 17.6 Å². The molecule has 0 aliphatic carbocycles. The topological polar surface area (TPSA) is 40.5 Å². The Morgan fingerprint density at radius 3 is 2.55 bits per heavy atom. The normalized spacial score (nSPS) is 10.3. The third-order valence-electron chi connectivity index (χ3n) is 3.16. The molecule has 0 aliphatic rings. The van der Waals surface area contributed by atoms with Crippen molar-refractivity contribution in [2.45, 2.75) is 13.8 Å². The highest BCUT2D eigenvalue weighted by Crippen LogP contribution is 2.23. The second kappa shape index (κ2) is 5.74. The molecule has 2 aromatic carbocycles. The van der Waals surface area contributed by atoms with Gasteiger partial charge in [0, 0.05) is 12.1 Å². The predicted octanol–water partition coefficient (Wildman–Crippen LogP) is 3.51. The summed E-state index contributed by atoms with van der Waals surface area (Å²) in [4.78, 5) is 13.8. The molecular weight excluding hydrogens is 257 g/mol. The average molecular weight is 273 g/mol. The van der Waals surface area contributed by atoms with E-state index in [0.29, 0.717) is 17.7 Å². The van der Waals surface area contributed by atoms with Crippen molar-refractivity contribution in [3.8, 4) is 5.75 Å². The molecule has 0 bridgehead atoms. The molecule has 3 nitrogen and oxygen atoms in total.